The van der Waals surface area contributed by atoms with Crippen LogP contribution < -0.4 is 0 Å². The summed E-state index contributed by atoms with van der Waals surface area (Å²) in [6.45, 7) is 0. The Labute approximate surface area is 75.2 Å². The van der Waals surface area contributed by atoms with Gasteiger partial charge >= 0.3 is 0 Å². The SMILES string of the molecule is S=[C]Cc1nc2ccccc2o1. The molecule has 3 heteroatoms. The van der Waals surface area contributed by atoms with Crippen molar-refractivity contribution in [3.63, 3.8) is 0 Å². The lowest BCUT2D eigenvalue weighted by Gasteiger charge is -1.81. The van der Waals surface area contributed by atoms with Gasteiger partial charge in [-0.3, -0.25) is 0 Å². The number of oxazole rings is 1. The highest BCUT2D eigenvalue weighted by molar-refractivity contribution is 7.78. The van der Waals surface area contributed by atoms with Crippen LogP contribution in [0.4, 0.5) is 0 Å². The van der Waals surface area contributed by atoms with E-state index in [2.05, 4.69) is 22.6 Å². The van der Waals surface area contributed by atoms with Crippen molar-refractivity contribution in [2.45, 2.75) is 6.42 Å². The summed E-state index contributed by atoms with van der Waals surface area (Å²) in [5.74, 6) is 0.631. The van der Waals surface area contributed by atoms with E-state index in [1.54, 1.807) is 0 Å². The number of para-hydroxylation sites is 2. The molecule has 1 aromatic heterocycles. The second-order valence-electron chi connectivity index (χ2n) is 2.40. The lowest BCUT2D eigenvalue weighted by atomic mass is 10.3. The van der Waals surface area contributed by atoms with E-state index in [0.717, 1.165) is 11.1 Å². The van der Waals surface area contributed by atoms with Crippen molar-refractivity contribution in [1.82, 2.24) is 4.98 Å². The molecule has 0 unspecified atom stereocenters. The summed E-state index contributed by atoms with van der Waals surface area (Å²) in [5, 5.41) is 2.57. The van der Waals surface area contributed by atoms with Crippen LogP contribution in [0.15, 0.2) is 28.7 Å². The number of nitrogens with zero attached hydrogens (tertiary/aromatic N) is 1. The Morgan fingerprint density at radius 2 is 2.25 bits per heavy atom. The predicted octanol–water partition coefficient (Wildman–Crippen LogP) is 2.25. The summed E-state index contributed by atoms with van der Waals surface area (Å²) in [4.78, 5) is 4.21. The second-order valence-corrected chi connectivity index (χ2v) is 2.69. The van der Waals surface area contributed by atoms with Gasteiger partial charge in [-0.25, -0.2) is 4.98 Å². The normalized spacial score (nSPS) is 10.3. The number of benzene rings is 1. The fourth-order valence-corrected chi connectivity index (χ4v) is 1.18. The fourth-order valence-electron chi connectivity index (χ4n) is 1.06. The molecule has 0 N–H and O–H groups in total. The Morgan fingerprint density at radius 3 is 3.00 bits per heavy atom. The van der Waals surface area contributed by atoms with E-state index < -0.39 is 0 Å². The van der Waals surface area contributed by atoms with Crippen molar-refractivity contribution in [1.29, 1.82) is 0 Å². The molecule has 0 aliphatic heterocycles. The Morgan fingerprint density at radius 1 is 1.42 bits per heavy atom. The molecule has 0 fully saturated rings. The zero-order chi connectivity index (χ0) is 8.39. The third-order valence-electron chi connectivity index (χ3n) is 1.56. The maximum atomic E-state index is 5.37. The largest absolute Gasteiger partial charge is 0.440 e. The average molecular weight is 176 g/mol. The maximum absolute atomic E-state index is 5.37. The topological polar surface area (TPSA) is 26.0 Å². The highest BCUT2D eigenvalue weighted by atomic mass is 32.1. The van der Waals surface area contributed by atoms with Crippen LogP contribution in [0.5, 0.6) is 0 Å². The monoisotopic (exact) mass is 176 g/mol. The number of thiocarbonyl (C=S) groups is 1. The molecule has 1 aromatic carbocycles. The van der Waals surface area contributed by atoms with E-state index in [9.17, 15) is 0 Å². The van der Waals surface area contributed by atoms with Crippen molar-refractivity contribution >= 4 is 28.7 Å². The van der Waals surface area contributed by atoms with E-state index in [1.807, 2.05) is 24.3 Å². The van der Waals surface area contributed by atoms with Gasteiger partial charge in [0, 0.05) is 5.37 Å². The predicted molar refractivity (Wildman–Crippen MR) is 50.3 cm³/mol. The molecule has 2 rings (SSSR count). The molecule has 0 aliphatic carbocycles. The molecule has 0 atom stereocenters. The molecule has 2 aromatic rings. The first-order valence-corrected chi connectivity index (χ1v) is 4.00. The molecule has 0 spiro atoms. The lowest BCUT2D eigenvalue weighted by Crippen LogP contribution is -1.81. The maximum Gasteiger partial charge on any atom is 0.200 e. The molecule has 0 bridgehead atoms. The summed E-state index contributed by atoms with van der Waals surface area (Å²) < 4.78 is 5.37. The van der Waals surface area contributed by atoms with Gasteiger partial charge in [-0.05, 0) is 12.1 Å². The number of hydrogen-bond acceptors (Lipinski definition) is 3. The minimum absolute atomic E-state index is 0.490. The fraction of sp³-hybridized carbons (Fsp3) is 0.111. The second kappa shape index (κ2) is 3.03. The summed E-state index contributed by atoms with van der Waals surface area (Å²) in [7, 11) is 0. The molecule has 59 valence electrons. The summed E-state index contributed by atoms with van der Waals surface area (Å²) in [5.41, 5.74) is 1.68. The van der Waals surface area contributed by atoms with Gasteiger partial charge in [-0.1, -0.05) is 24.4 Å². The van der Waals surface area contributed by atoms with E-state index in [-0.39, 0.29) is 0 Å². The van der Waals surface area contributed by atoms with Crippen molar-refractivity contribution in [2.75, 3.05) is 0 Å². The molecule has 12 heavy (non-hydrogen) atoms. The van der Waals surface area contributed by atoms with Gasteiger partial charge in [0.2, 0.25) is 5.89 Å². The highest BCUT2D eigenvalue weighted by Gasteiger charge is 2.01. The van der Waals surface area contributed by atoms with Crippen molar-refractivity contribution in [3.8, 4) is 0 Å². The Kier molecular flexibility index (Phi) is 1.87. The number of aromatic nitrogens is 1. The van der Waals surface area contributed by atoms with Gasteiger partial charge in [-0.15, -0.1) is 0 Å². The zero-order valence-corrected chi connectivity index (χ0v) is 7.10. The quantitative estimate of drug-likeness (QED) is 0.656. The molecule has 0 saturated heterocycles. The summed E-state index contributed by atoms with van der Waals surface area (Å²) in [6, 6.07) is 7.63. The minimum atomic E-state index is 0.490. The van der Waals surface area contributed by atoms with Gasteiger partial charge in [0.1, 0.15) is 5.52 Å². The average Bonchev–Trinajstić information content (AvgIpc) is 2.47. The highest BCUT2D eigenvalue weighted by Crippen LogP contribution is 2.14. The van der Waals surface area contributed by atoms with Gasteiger partial charge in [-0.2, -0.15) is 0 Å². The number of hydrogen-bond donors (Lipinski definition) is 0. The molecule has 0 saturated carbocycles. The van der Waals surface area contributed by atoms with E-state index >= 15 is 0 Å². The smallest absolute Gasteiger partial charge is 0.200 e. The van der Waals surface area contributed by atoms with E-state index in [1.165, 1.54) is 0 Å². The third-order valence-corrected chi connectivity index (χ3v) is 1.71. The Hall–Kier alpha value is -1.22. The summed E-state index contributed by atoms with van der Waals surface area (Å²) in [6.07, 6.45) is 0.490. The van der Waals surface area contributed by atoms with Crippen LogP contribution in [-0.2, 0) is 6.42 Å². The number of fused-ring (bicyclic) bond motifs is 1. The van der Waals surface area contributed by atoms with Crippen LogP contribution in [0.1, 0.15) is 5.89 Å². The molecule has 1 radical (unpaired) electrons. The molecule has 0 amide bonds. The summed E-state index contributed by atoms with van der Waals surface area (Å²) >= 11 is 4.59. The minimum Gasteiger partial charge on any atom is -0.440 e. The molecule has 1 heterocycles. The van der Waals surface area contributed by atoms with Crippen molar-refractivity contribution < 1.29 is 4.42 Å². The van der Waals surface area contributed by atoms with Crippen LogP contribution in [0.25, 0.3) is 11.1 Å². The van der Waals surface area contributed by atoms with Gasteiger partial charge in [0.15, 0.2) is 5.58 Å². The molecule has 0 aliphatic rings. The molecular weight excluding hydrogens is 170 g/mol. The van der Waals surface area contributed by atoms with Crippen molar-refractivity contribution in [3.05, 3.63) is 30.2 Å². The van der Waals surface area contributed by atoms with Crippen LogP contribution in [0.2, 0.25) is 0 Å². The van der Waals surface area contributed by atoms with Gasteiger partial charge in [0.05, 0.1) is 6.42 Å². The van der Waals surface area contributed by atoms with Gasteiger partial charge in [0.25, 0.3) is 0 Å². The Balaban J connectivity index is 2.54. The first kappa shape index (κ1) is 7.43. The van der Waals surface area contributed by atoms with Crippen LogP contribution in [0, 0.1) is 0 Å². The zero-order valence-electron chi connectivity index (χ0n) is 6.28. The Bertz CT molecular complexity index is 375. The molecular formula is C9H6NOS. The van der Waals surface area contributed by atoms with Crippen LogP contribution in [0.3, 0.4) is 0 Å². The van der Waals surface area contributed by atoms with Crippen LogP contribution >= 0.6 is 12.2 Å². The first-order valence-electron chi connectivity index (χ1n) is 3.59. The third kappa shape index (κ3) is 1.23. The van der Waals surface area contributed by atoms with E-state index in [0.29, 0.717) is 12.3 Å². The number of rotatable bonds is 2. The van der Waals surface area contributed by atoms with Crippen LogP contribution in [-0.4, -0.2) is 10.4 Å². The van der Waals surface area contributed by atoms with E-state index in [4.69, 9.17) is 4.42 Å². The standard InChI is InChI=1S/C9H6NOS/c12-6-5-9-10-7-3-1-2-4-8(7)11-9/h1-4H,5H2. The molecule has 2 nitrogen and oxygen atoms in total. The van der Waals surface area contributed by atoms with Gasteiger partial charge < -0.3 is 4.42 Å². The first-order chi connectivity index (χ1) is 5.90. The lowest BCUT2D eigenvalue weighted by molar-refractivity contribution is 0.553. The van der Waals surface area contributed by atoms with Crippen molar-refractivity contribution in [2.24, 2.45) is 0 Å².